The van der Waals surface area contributed by atoms with E-state index in [1.54, 1.807) is 0 Å². The highest BCUT2D eigenvalue weighted by Gasteiger charge is 2.26. The van der Waals surface area contributed by atoms with Crippen LogP contribution in [0.5, 0.6) is 0 Å². The molecule has 0 amide bonds. The number of aliphatic hydroxyl groups excluding tert-OH is 1. The Hall–Kier alpha value is -0.570. The van der Waals surface area contributed by atoms with Crippen molar-refractivity contribution in [3.8, 4) is 0 Å². The molecular weight excluding hydrogens is 320 g/mol. The molecule has 3 nitrogen and oxygen atoms in total. The molecule has 0 saturated heterocycles. The molecule has 1 heterocycles. The van der Waals surface area contributed by atoms with E-state index in [2.05, 4.69) is 19.2 Å². The molecule has 154 valence electrons. The molecule has 0 fully saturated rings. The summed E-state index contributed by atoms with van der Waals surface area (Å²) >= 11 is 0. The maximum atomic E-state index is 9.60. The van der Waals surface area contributed by atoms with Crippen molar-refractivity contribution in [2.24, 2.45) is 16.8 Å². The highest BCUT2D eigenvalue weighted by atomic mass is 16.3. The van der Waals surface area contributed by atoms with Crippen LogP contribution in [-0.4, -0.2) is 30.6 Å². The molecule has 0 radical (unpaired) electrons. The van der Waals surface area contributed by atoms with Gasteiger partial charge in [0.1, 0.15) is 0 Å². The largest absolute Gasteiger partial charge is 0.396 e. The number of nitrogens with zero attached hydrogens (tertiary/aromatic N) is 1. The number of hydrogen-bond donors (Lipinski definition) is 2. The third-order valence-corrected chi connectivity index (χ3v) is 5.92. The van der Waals surface area contributed by atoms with Gasteiger partial charge >= 0.3 is 0 Å². The van der Waals surface area contributed by atoms with Gasteiger partial charge in [-0.05, 0) is 25.2 Å². The first-order chi connectivity index (χ1) is 12.8. The number of aliphatic imine (C=N–C) groups is 1. The number of nitrogens with one attached hydrogen (secondary N) is 1. The van der Waals surface area contributed by atoms with Crippen molar-refractivity contribution in [2.45, 2.75) is 110 Å². The predicted octanol–water partition coefficient (Wildman–Crippen LogP) is 6.10. The first-order valence-electron chi connectivity index (χ1n) is 11.7. The Balaban J connectivity index is 2.43. The van der Waals surface area contributed by atoms with E-state index in [4.69, 9.17) is 4.99 Å². The zero-order valence-electron chi connectivity index (χ0n) is 17.8. The molecule has 1 atom stereocenters. The Kier molecular flexibility index (Phi) is 15.0. The zero-order chi connectivity index (χ0) is 18.9. The summed E-state index contributed by atoms with van der Waals surface area (Å²) in [6, 6.07) is 0. The summed E-state index contributed by atoms with van der Waals surface area (Å²) in [5.41, 5.74) is 0. The molecule has 0 spiro atoms. The summed E-state index contributed by atoms with van der Waals surface area (Å²) in [4.78, 5) is 4.71. The van der Waals surface area contributed by atoms with Crippen molar-refractivity contribution in [1.82, 2.24) is 5.32 Å². The Morgan fingerprint density at radius 1 is 0.808 bits per heavy atom. The number of rotatable bonds is 18. The second-order valence-electron chi connectivity index (χ2n) is 8.19. The Morgan fingerprint density at radius 2 is 1.35 bits per heavy atom. The number of aliphatic hydroxyl groups is 1. The SMILES string of the molecule is CCCCCCCCC(CCCCCCCC)C(CCO)C1=NCCN1. The molecule has 1 aliphatic heterocycles. The van der Waals surface area contributed by atoms with E-state index in [-0.39, 0.29) is 6.61 Å². The first kappa shape index (κ1) is 23.5. The molecular formula is C23H46N2O. The van der Waals surface area contributed by atoms with Gasteiger partial charge in [-0.2, -0.15) is 0 Å². The minimum atomic E-state index is 0.287. The molecule has 2 N–H and O–H groups in total. The van der Waals surface area contributed by atoms with Crippen LogP contribution in [0.4, 0.5) is 0 Å². The minimum absolute atomic E-state index is 0.287. The summed E-state index contributed by atoms with van der Waals surface area (Å²) in [5, 5.41) is 13.1. The Labute approximate surface area is 163 Å². The van der Waals surface area contributed by atoms with Gasteiger partial charge in [-0.15, -0.1) is 0 Å². The lowest BCUT2D eigenvalue weighted by Gasteiger charge is -2.27. The number of hydrogen-bond acceptors (Lipinski definition) is 3. The van der Waals surface area contributed by atoms with Crippen LogP contribution in [-0.2, 0) is 0 Å². The van der Waals surface area contributed by atoms with Gasteiger partial charge in [-0.25, -0.2) is 0 Å². The first-order valence-corrected chi connectivity index (χ1v) is 11.7. The molecule has 1 rings (SSSR count). The molecule has 26 heavy (non-hydrogen) atoms. The number of unbranched alkanes of at least 4 members (excludes halogenated alkanes) is 10. The van der Waals surface area contributed by atoms with Crippen LogP contribution >= 0.6 is 0 Å². The van der Waals surface area contributed by atoms with Crippen molar-refractivity contribution in [3.63, 3.8) is 0 Å². The van der Waals surface area contributed by atoms with Crippen LogP contribution in [0.1, 0.15) is 110 Å². The van der Waals surface area contributed by atoms with Gasteiger partial charge in [0.05, 0.1) is 12.4 Å². The zero-order valence-corrected chi connectivity index (χ0v) is 17.8. The standard InChI is InChI=1S/C23H46N2O/c1-3-5-7-9-11-13-15-21(16-14-12-10-8-6-4-2)22(17-20-26)23-24-18-19-25-23/h21-22,26H,3-20H2,1-2H3,(H,24,25). The fourth-order valence-electron chi connectivity index (χ4n) is 4.32. The van der Waals surface area contributed by atoms with Crippen LogP contribution in [0.3, 0.4) is 0 Å². The Morgan fingerprint density at radius 3 is 1.81 bits per heavy atom. The molecule has 0 bridgehead atoms. The summed E-state index contributed by atoms with van der Waals surface area (Å²) in [5.74, 6) is 2.35. The lowest BCUT2D eigenvalue weighted by Crippen LogP contribution is -2.33. The van der Waals surface area contributed by atoms with Crippen LogP contribution in [0.2, 0.25) is 0 Å². The van der Waals surface area contributed by atoms with Gasteiger partial charge < -0.3 is 10.4 Å². The maximum absolute atomic E-state index is 9.60. The second kappa shape index (κ2) is 16.6. The molecule has 0 aromatic heterocycles. The second-order valence-corrected chi connectivity index (χ2v) is 8.19. The van der Waals surface area contributed by atoms with E-state index in [1.165, 1.54) is 95.7 Å². The minimum Gasteiger partial charge on any atom is -0.396 e. The predicted molar refractivity (Wildman–Crippen MR) is 115 cm³/mol. The normalized spacial score (nSPS) is 15.3. The molecule has 3 heteroatoms. The summed E-state index contributed by atoms with van der Waals surface area (Å²) in [6.45, 7) is 6.75. The highest BCUT2D eigenvalue weighted by molar-refractivity contribution is 5.86. The van der Waals surface area contributed by atoms with Crippen molar-refractivity contribution in [3.05, 3.63) is 0 Å². The third-order valence-electron chi connectivity index (χ3n) is 5.92. The van der Waals surface area contributed by atoms with E-state index < -0.39 is 0 Å². The van der Waals surface area contributed by atoms with Crippen molar-refractivity contribution in [1.29, 1.82) is 0 Å². The fourth-order valence-corrected chi connectivity index (χ4v) is 4.32. The summed E-state index contributed by atoms with van der Waals surface area (Å²) < 4.78 is 0. The average molecular weight is 367 g/mol. The van der Waals surface area contributed by atoms with Gasteiger partial charge in [-0.1, -0.05) is 90.9 Å². The monoisotopic (exact) mass is 366 g/mol. The van der Waals surface area contributed by atoms with Crippen LogP contribution < -0.4 is 5.32 Å². The van der Waals surface area contributed by atoms with Gasteiger partial charge in [-0.3, -0.25) is 4.99 Å². The summed E-state index contributed by atoms with van der Waals surface area (Å²) in [6.07, 6.45) is 19.9. The molecule has 1 aliphatic rings. The maximum Gasteiger partial charge on any atom is 0.0999 e. The topological polar surface area (TPSA) is 44.6 Å². The quantitative estimate of drug-likeness (QED) is 0.288. The average Bonchev–Trinajstić information content (AvgIpc) is 3.18. The van der Waals surface area contributed by atoms with Crippen LogP contribution in [0.15, 0.2) is 4.99 Å². The molecule has 0 aliphatic carbocycles. The van der Waals surface area contributed by atoms with Gasteiger partial charge in [0.25, 0.3) is 0 Å². The molecule has 1 unspecified atom stereocenters. The lowest BCUT2D eigenvalue weighted by atomic mass is 9.81. The summed E-state index contributed by atoms with van der Waals surface area (Å²) in [7, 11) is 0. The van der Waals surface area contributed by atoms with Crippen molar-refractivity contribution >= 4 is 5.84 Å². The highest BCUT2D eigenvalue weighted by Crippen LogP contribution is 2.29. The lowest BCUT2D eigenvalue weighted by molar-refractivity contribution is 0.234. The van der Waals surface area contributed by atoms with Crippen LogP contribution in [0.25, 0.3) is 0 Å². The van der Waals surface area contributed by atoms with E-state index in [0.717, 1.165) is 19.5 Å². The van der Waals surface area contributed by atoms with Crippen molar-refractivity contribution < 1.29 is 5.11 Å². The van der Waals surface area contributed by atoms with E-state index in [1.807, 2.05) is 0 Å². The number of amidine groups is 1. The molecule has 0 aromatic rings. The van der Waals surface area contributed by atoms with E-state index >= 15 is 0 Å². The fraction of sp³-hybridized carbons (Fsp3) is 0.957. The third kappa shape index (κ3) is 10.5. The van der Waals surface area contributed by atoms with E-state index in [9.17, 15) is 5.11 Å². The van der Waals surface area contributed by atoms with E-state index in [0.29, 0.717) is 11.8 Å². The molecule has 0 saturated carbocycles. The smallest absolute Gasteiger partial charge is 0.0999 e. The van der Waals surface area contributed by atoms with Crippen LogP contribution in [0, 0.1) is 11.8 Å². The van der Waals surface area contributed by atoms with Gasteiger partial charge in [0.15, 0.2) is 0 Å². The Bertz CT molecular complexity index is 327. The van der Waals surface area contributed by atoms with Crippen molar-refractivity contribution in [2.75, 3.05) is 19.7 Å². The molecule has 0 aromatic carbocycles. The van der Waals surface area contributed by atoms with Gasteiger partial charge in [0.2, 0.25) is 0 Å². The van der Waals surface area contributed by atoms with Gasteiger partial charge in [0, 0.05) is 19.1 Å².